The zero-order chi connectivity index (χ0) is 19.3. The number of ether oxygens (including phenoxy) is 1. The summed E-state index contributed by atoms with van der Waals surface area (Å²) in [5.74, 6) is -0.0545. The molecule has 2 aliphatic carbocycles. The maximum atomic E-state index is 12.7. The lowest BCUT2D eigenvalue weighted by Crippen LogP contribution is -2.55. The molecule has 0 radical (unpaired) electrons. The third kappa shape index (κ3) is 3.01. The number of nitrogens with zero attached hydrogens (tertiary/aromatic N) is 2. The van der Waals surface area contributed by atoms with Gasteiger partial charge in [0.25, 0.3) is 0 Å². The number of amides is 1. The Balaban J connectivity index is 1.50. The van der Waals surface area contributed by atoms with Crippen LogP contribution in [-0.4, -0.2) is 71.7 Å². The first-order chi connectivity index (χ1) is 12.8. The lowest BCUT2D eigenvalue weighted by atomic mass is 9.55. The molecule has 0 spiro atoms. The molecule has 0 aromatic rings. The average molecular weight is 376 g/mol. The van der Waals surface area contributed by atoms with E-state index in [0.29, 0.717) is 25.6 Å². The fraction of sp³-hybridized carbons (Fsp3) is 0.810. The van der Waals surface area contributed by atoms with Crippen LogP contribution in [-0.2, 0) is 14.3 Å². The smallest absolute Gasteiger partial charge is 0.311 e. The van der Waals surface area contributed by atoms with E-state index in [-0.39, 0.29) is 35.2 Å². The van der Waals surface area contributed by atoms with Gasteiger partial charge in [0.1, 0.15) is 6.10 Å². The molecular weight excluding hydrogens is 344 g/mol. The molecular formula is C21H32N2O4. The summed E-state index contributed by atoms with van der Waals surface area (Å²) in [6.07, 6.45) is 4.42. The van der Waals surface area contributed by atoms with Crippen LogP contribution in [0.5, 0.6) is 0 Å². The Bertz CT molecular complexity index is 655. The van der Waals surface area contributed by atoms with Crippen molar-refractivity contribution in [2.75, 3.05) is 32.7 Å². The van der Waals surface area contributed by atoms with Crippen molar-refractivity contribution in [3.63, 3.8) is 0 Å². The van der Waals surface area contributed by atoms with Crippen molar-refractivity contribution in [1.29, 1.82) is 0 Å². The molecule has 27 heavy (non-hydrogen) atoms. The summed E-state index contributed by atoms with van der Waals surface area (Å²) < 4.78 is 5.75. The predicted molar refractivity (Wildman–Crippen MR) is 101 cm³/mol. The van der Waals surface area contributed by atoms with Crippen LogP contribution in [0.1, 0.15) is 40.0 Å². The molecule has 6 atom stereocenters. The first kappa shape index (κ1) is 18.9. The number of aliphatic hydroxyl groups is 1. The number of allylic oxidation sites excluding steroid dienone is 1. The number of carbonyl (C=O) groups excluding carboxylic acids is 2. The fourth-order valence-corrected chi connectivity index (χ4v) is 5.80. The van der Waals surface area contributed by atoms with Crippen LogP contribution in [0.4, 0.5) is 0 Å². The summed E-state index contributed by atoms with van der Waals surface area (Å²) in [6.45, 7) is 9.58. The van der Waals surface area contributed by atoms with Gasteiger partial charge in [0.15, 0.2) is 0 Å². The van der Waals surface area contributed by atoms with E-state index >= 15 is 0 Å². The van der Waals surface area contributed by atoms with Gasteiger partial charge in [-0.05, 0) is 18.8 Å². The third-order valence-corrected chi connectivity index (χ3v) is 7.84. The van der Waals surface area contributed by atoms with Crippen molar-refractivity contribution in [3.8, 4) is 0 Å². The van der Waals surface area contributed by atoms with Gasteiger partial charge in [-0.15, -0.1) is 0 Å². The average Bonchev–Trinajstić information content (AvgIpc) is 2.94. The quantitative estimate of drug-likeness (QED) is 0.583. The highest BCUT2D eigenvalue weighted by molar-refractivity contribution is 5.76. The molecule has 6 heteroatoms. The largest absolute Gasteiger partial charge is 0.461 e. The Kier molecular flexibility index (Phi) is 4.83. The highest BCUT2D eigenvalue weighted by Gasteiger charge is 2.59. The number of esters is 1. The highest BCUT2D eigenvalue weighted by Crippen LogP contribution is 2.56. The van der Waals surface area contributed by atoms with Gasteiger partial charge in [0, 0.05) is 57.4 Å². The summed E-state index contributed by atoms with van der Waals surface area (Å²) in [4.78, 5) is 28.3. The SMILES string of the molecule is CC(=O)N1CCN(C[C@@H]2C(=O)O[C@@H]3CC4=CCC[C@H](C)[C@@]4(C)[C@@H](O)[C@H]23)CC1. The summed E-state index contributed by atoms with van der Waals surface area (Å²) in [5, 5.41) is 11.4. The number of carbonyl (C=O) groups is 2. The Morgan fingerprint density at radius 3 is 2.70 bits per heavy atom. The van der Waals surface area contributed by atoms with Gasteiger partial charge in [0.05, 0.1) is 12.0 Å². The summed E-state index contributed by atoms with van der Waals surface area (Å²) in [6, 6.07) is 0. The van der Waals surface area contributed by atoms with Gasteiger partial charge in [-0.3, -0.25) is 14.5 Å². The van der Waals surface area contributed by atoms with E-state index in [1.807, 2.05) is 4.90 Å². The Morgan fingerprint density at radius 1 is 1.33 bits per heavy atom. The van der Waals surface area contributed by atoms with Gasteiger partial charge >= 0.3 is 5.97 Å². The molecule has 0 unspecified atom stereocenters. The second kappa shape index (κ2) is 6.89. The standard InChI is InChI=1S/C21H32N2O4/c1-13-5-4-6-15-11-17-18(19(25)21(13,15)3)16(20(26)27-17)12-22-7-9-23(10-8-22)14(2)24/h6,13,16-19,25H,4-5,7-12H2,1-3H3/t13-,16-,17+,18+,19-,21+/m0/s1. The van der Waals surface area contributed by atoms with E-state index in [2.05, 4.69) is 24.8 Å². The van der Waals surface area contributed by atoms with Gasteiger partial charge in [0.2, 0.25) is 5.91 Å². The third-order valence-electron chi connectivity index (χ3n) is 7.84. The lowest BCUT2D eigenvalue weighted by Gasteiger charge is -2.52. The second-order valence-corrected chi connectivity index (χ2v) is 9.11. The van der Waals surface area contributed by atoms with E-state index in [0.717, 1.165) is 32.4 Å². The van der Waals surface area contributed by atoms with Gasteiger partial charge in [-0.25, -0.2) is 0 Å². The molecule has 2 saturated heterocycles. The summed E-state index contributed by atoms with van der Waals surface area (Å²) >= 11 is 0. The highest BCUT2D eigenvalue weighted by atomic mass is 16.6. The van der Waals surface area contributed by atoms with Crippen LogP contribution < -0.4 is 0 Å². The molecule has 0 bridgehead atoms. The Hall–Kier alpha value is -1.40. The molecule has 0 aromatic heterocycles. The number of fused-ring (bicyclic) bond motifs is 2. The van der Waals surface area contributed by atoms with E-state index in [1.165, 1.54) is 5.57 Å². The first-order valence-corrected chi connectivity index (χ1v) is 10.4. The van der Waals surface area contributed by atoms with Gasteiger partial charge in [-0.2, -0.15) is 0 Å². The van der Waals surface area contributed by atoms with Gasteiger partial charge < -0.3 is 14.7 Å². The maximum absolute atomic E-state index is 12.7. The van der Waals surface area contributed by atoms with Crippen molar-refractivity contribution >= 4 is 11.9 Å². The van der Waals surface area contributed by atoms with Crippen molar-refractivity contribution in [2.24, 2.45) is 23.2 Å². The molecule has 150 valence electrons. The Morgan fingerprint density at radius 2 is 2.04 bits per heavy atom. The molecule has 2 heterocycles. The zero-order valence-electron chi connectivity index (χ0n) is 16.7. The van der Waals surface area contributed by atoms with E-state index in [9.17, 15) is 14.7 Å². The monoisotopic (exact) mass is 376 g/mol. The normalized spacial score (nSPS) is 42.2. The predicted octanol–water partition coefficient (Wildman–Crippen LogP) is 1.44. The van der Waals surface area contributed by atoms with Crippen LogP contribution in [0.25, 0.3) is 0 Å². The molecule has 2 aliphatic heterocycles. The van der Waals surface area contributed by atoms with E-state index in [1.54, 1.807) is 6.92 Å². The minimum Gasteiger partial charge on any atom is -0.461 e. The van der Waals surface area contributed by atoms with Crippen molar-refractivity contribution < 1.29 is 19.4 Å². The van der Waals surface area contributed by atoms with Crippen molar-refractivity contribution in [2.45, 2.75) is 52.2 Å². The van der Waals surface area contributed by atoms with Crippen LogP contribution in [0.3, 0.4) is 0 Å². The van der Waals surface area contributed by atoms with Crippen LogP contribution in [0.15, 0.2) is 11.6 Å². The van der Waals surface area contributed by atoms with Crippen molar-refractivity contribution in [1.82, 2.24) is 9.80 Å². The van der Waals surface area contributed by atoms with Crippen molar-refractivity contribution in [3.05, 3.63) is 11.6 Å². The van der Waals surface area contributed by atoms with Crippen LogP contribution in [0.2, 0.25) is 0 Å². The van der Waals surface area contributed by atoms with Crippen LogP contribution >= 0.6 is 0 Å². The number of rotatable bonds is 2. The molecule has 1 saturated carbocycles. The minimum atomic E-state index is -0.548. The van der Waals surface area contributed by atoms with E-state index < -0.39 is 6.10 Å². The second-order valence-electron chi connectivity index (χ2n) is 9.11. The molecule has 3 fully saturated rings. The first-order valence-electron chi connectivity index (χ1n) is 10.4. The fourth-order valence-electron chi connectivity index (χ4n) is 5.80. The number of hydrogen-bond acceptors (Lipinski definition) is 5. The number of aliphatic hydroxyl groups excluding tert-OH is 1. The maximum Gasteiger partial charge on any atom is 0.311 e. The molecule has 1 amide bonds. The minimum absolute atomic E-state index is 0.108. The summed E-state index contributed by atoms with van der Waals surface area (Å²) in [7, 11) is 0. The Labute approximate surface area is 161 Å². The van der Waals surface area contributed by atoms with Gasteiger partial charge in [-0.1, -0.05) is 25.5 Å². The molecule has 1 N–H and O–H groups in total. The van der Waals surface area contributed by atoms with Crippen LogP contribution in [0, 0.1) is 23.2 Å². The summed E-state index contributed by atoms with van der Waals surface area (Å²) in [5.41, 5.74) is 1.03. The molecule has 4 rings (SSSR count). The van der Waals surface area contributed by atoms with E-state index in [4.69, 9.17) is 4.74 Å². The topological polar surface area (TPSA) is 70.1 Å². The zero-order valence-corrected chi connectivity index (χ0v) is 16.7. The number of piperazine rings is 1. The number of hydrogen-bond donors (Lipinski definition) is 1. The molecule has 0 aromatic carbocycles. The lowest BCUT2D eigenvalue weighted by molar-refractivity contribution is -0.145. The molecule has 4 aliphatic rings. The molecule has 6 nitrogen and oxygen atoms in total.